The molecule has 0 aromatic heterocycles. The monoisotopic (exact) mass is 339 g/mol. The molecule has 0 unspecified atom stereocenters. The van der Waals surface area contributed by atoms with Gasteiger partial charge in [-0.2, -0.15) is 0 Å². The SMILES string of the molecule is CC1=CCN(S(=O)(=O)c2ccc(C)cc2)C(c2ccccc2)=CC1. The second-order valence-corrected chi connectivity index (χ2v) is 7.92. The van der Waals surface area contributed by atoms with E-state index in [1.807, 2.05) is 68.5 Å². The first-order valence-electron chi connectivity index (χ1n) is 7.99. The van der Waals surface area contributed by atoms with E-state index in [1.54, 1.807) is 12.1 Å². The van der Waals surface area contributed by atoms with Gasteiger partial charge < -0.3 is 0 Å². The Morgan fingerprint density at radius 1 is 0.875 bits per heavy atom. The highest BCUT2D eigenvalue weighted by atomic mass is 32.2. The number of hydrogen-bond acceptors (Lipinski definition) is 2. The van der Waals surface area contributed by atoms with Crippen molar-refractivity contribution >= 4 is 15.7 Å². The van der Waals surface area contributed by atoms with Crippen molar-refractivity contribution in [3.63, 3.8) is 0 Å². The van der Waals surface area contributed by atoms with Gasteiger partial charge in [0.2, 0.25) is 0 Å². The van der Waals surface area contributed by atoms with E-state index < -0.39 is 10.0 Å². The van der Waals surface area contributed by atoms with Crippen LogP contribution in [0.25, 0.3) is 5.70 Å². The van der Waals surface area contributed by atoms with Gasteiger partial charge >= 0.3 is 0 Å². The lowest BCUT2D eigenvalue weighted by Crippen LogP contribution is -2.29. The Morgan fingerprint density at radius 3 is 2.21 bits per heavy atom. The van der Waals surface area contributed by atoms with Crippen LogP contribution in [0.4, 0.5) is 0 Å². The van der Waals surface area contributed by atoms with Crippen LogP contribution in [0.15, 0.2) is 77.2 Å². The number of hydrogen-bond donors (Lipinski definition) is 0. The maximum atomic E-state index is 13.2. The molecule has 2 aromatic rings. The molecule has 0 fully saturated rings. The van der Waals surface area contributed by atoms with Crippen molar-refractivity contribution in [3.05, 3.63) is 83.4 Å². The standard InChI is InChI=1S/C20H21NO2S/c1-16-8-11-19(12-9-16)24(22,23)21-15-14-17(2)10-13-20(21)18-6-4-3-5-7-18/h3-9,11-14H,10,15H2,1-2H3. The van der Waals surface area contributed by atoms with Gasteiger partial charge in [0.25, 0.3) is 10.0 Å². The molecule has 0 saturated heterocycles. The molecule has 0 amide bonds. The Hall–Kier alpha value is -2.33. The summed E-state index contributed by atoms with van der Waals surface area (Å²) in [5.41, 5.74) is 3.87. The zero-order valence-corrected chi connectivity index (χ0v) is 14.8. The highest BCUT2D eigenvalue weighted by Gasteiger charge is 2.27. The molecular formula is C20H21NO2S. The molecule has 0 atom stereocenters. The van der Waals surface area contributed by atoms with Crippen molar-refractivity contribution < 1.29 is 8.42 Å². The molecule has 0 radical (unpaired) electrons. The lowest BCUT2D eigenvalue weighted by molar-refractivity contribution is 0.531. The van der Waals surface area contributed by atoms with E-state index in [0.29, 0.717) is 11.4 Å². The summed E-state index contributed by atoms with van der Waals surface area (Å²) in [6.45, 7) is 4.33. The third kappa shape index (κ3) is 3.29. The average molecular weight is 339 g/mol. The van der Waals surface area contributed by atoms with Crippen molar-refractivity contribution in [1.29, 1.82) is 0 Å². The van der Waals surface area contributed by atoms with Crippen molar-refractivity contribution in [2.45, 2.75) is 25.2 Å². The topological polar surface area (TPSA) is 37.4 Å². The fourth-order valence-corrected chi connectivity index (χ4v) is 4.16. The average Bonchev–Trinajstić information content (AvgIpc) is 2.78. The molecule has 24 heavy (non-hydrogen) atoms. The molecule has 3 rings (SSSR count). The van der Waals surface area contributed by atoms with Crippen LogP contribution in [0.3, 0.4) is 0 Å². The predicted molar refractivity (Wildman–Crippen MR) is 97.9 cm³/mol. The Morgan fingerprint density at radius 2 is 1.54 bits per heavy atom. The molecule has 124 valence electrons. The summed E-state index contributed by atoms with van der Waals surface area (Å²) in [4.78, 5) is 0.322. The lowest BCUT2D eigenvalue weighted by atomic mass is 10.1. The van der Waals surface area contributed by atoms with Gasteiger partial charge in [0.1, 0.15) is 0 Å². The first-order valence-corrected chi connectivity index (χ1v) is 9.43. The van der Waals surface area contributed by atoms with E-state index in [2.05, 4.69) is 0 Å². The predicted octanol–water partition coefficient (Wildman–Crippen LogP) is 4.38. The summed E-state index contributed by atoms with van der Waals surface area (Å²) in [7, 11) is -3.60. The molecule has 0 bridgehead atoms. The number of rotatable bonds is 3. The second kappa shape index (κ2) is 6.65. The van der Waals surface area contributed by atoms with Crippen LogP contribution in [-0.4, -0.2) is 19.3 Å². The van der Waals surface area contributed by atoms with Gasteiger partial charge in [0.05, 0.1) is 17.1 Å². The molecule has 3 nitrogen and oxygen atoms in total. The molecule has 0 saturated carbocycles. The second-order valence-electron chi connectivity index (χ2n) is 6.06. The largest absolute Gasteiger partial charge is 0.264 e. The van der Waals surface area contributed by atoms with E-state index >= 15 is 0 Å². The minimum absolute atomic E-state index is 0.322. The summed E-state index contributed by atoms with van der Waals surface area (Å²) in [6.07, 6.45) is 4.74. The Bertz CT molecular complexity index is 879. The highest BCUT2D eigenvalue weighted by molar-refractivity contribution is 7.89. The smallest absolute Gasteiger partial charge is 0.262 e. The van der Waals surface area contributed by atoms with Gasteiger partial charge in [-0.15, -0.1) is 0 Å². The Kier molecular flexibility index (Phi) is 4.58. The van der Waals surface area contributed by atoms with E-state index in [-0.39, 0.29) is 0 Å². The number of allylic oxidation sites excluding steroid dienone is 2. The summed E-state index contributed by atoms with van der Waals surface area (Å²) in [5, 5.41) is 0. The van der Waals surface area contributed by atoms with Crippen LogP contribution >= 0.6 is 0 Å². The van der Waals surface area contributed by atoms with Crippen LogP contribution in [0.5, 0.6) is 0 Å². The Balaban J connectivity index is 2.09. The van der Waals surface area contributed by atoms with Crippen molar-refractivity contribution in [2.24, 2.45) is 0 Å². The Labute approximate surface area is 144 Å². The molecule has 0 aliphatic carbocycles. The van der Waals surface area contributed by atoms with Gasteiger partial charge in [-0.25, -0.2) is 8.42 Å². The van der Waals surface area contributed by atoms with Gasteiger partial charge in [0, 0.05) is 0 Å². The van der Waals surface area contributed by atoms with E-state index in [1.165, 1.54) is 9.88 Å². The molecule has 0 spiro atoms. The summed E-state index contributed by atoms with van der Waals surface area (Å²) in [6, 6.07) is 16.7. The van der Waals surface area contributed by atoms with Crippen LogP contribution < -0.4 is 0 Å². The quantitative estimate of drug-likeness (QED) is 0.778. The molecule has 4 heteroatoms. The molecule has 1 heterocycles. The van der Waals surface area contributed by atoms with E-state index in [0.717, 1.165) is 23.2 Å². The number of sulfonamides is 1. The third-order valence-electron chi connectivity index (χ3n) is 4.17. The van der Waals surface area contributed by atoms with Gasteiger partial charge in [-0.05, 0) is 38.0 Å². The van der Waals surface area contributed by atoms with E-state index in [9.17, 15) is 8.42 Å². The van der Waals surface area contributed by atoms with Crippen molar-refractivity contribution in [1.82, 2.24) is 4.31 Å². The fraction of sp³-hybridized carbons (Fsp3) is 0.200. The van der Waals surface area contributed by atoms with Crippen LogP contribution in [-0.2, 0) is 10.0 Å². The van der Waals surface area contributed by atoms with Gasteiger partial charge in [-0.3, -0.25) is 4.31 Å². The normalized spacial score (nSPS) is 15.5. The van der Waals surface area contributed by atoms with E-state index in [4.69, 9.17) is 0 Å². The molecule has 2 aromatic carbocycles. The molecule has 0 N–H and O–H groups in total. The summed E-state index contributed by atoms with van der Waals surface area (Å²) >= 11 is 0. The fourth-order valence-electron chi connectivity index (χ4n) is 2.72. The first-order chi connectivity index (χ1) is 11.5. The van der Waals surface area contributed by atoms with Crippen molar-refractivity contribution in [2.75, 3.05) is 6.54 Å². The summed E-state index contributed by atoms with van der Waals surface area (Å²) < 4.78 is 27.9. The molecule has 1 aliphatic heterocycles. The highest BCUT2D eigenvalue weighted by Crippen LogP contribution is 2.30. The number of aryl methyl sites for hydroxylation is 1. The van der Waals surface area contributed by atoms with Gasteiger partial charge in [-0.1, -0.05) is 65.8 Å². The third-order valence-corrected chi connectivity index (χ3v) is 5.96. The van der Waals surface area contributed by atoms with Gasteiger partial charge in [0.15, 0.2) is 0 Å². The molecular weight excluding hydrogens is 318 g/mol. The van der Waals surface area contributed by atoms with Crippen LogP contribution in [0.2, 0.25) is 0 Å². The number of nitrogens with zero attached hydrogens (tertiary/aromatic N) is 1. The number of benzene rings is 2. The maximum Gasteiger partial charge on any atom is 0.264 e. The zero-order valence-electron chi connectivity index (χ0n) is 13.9. The maximum absolute atomic E-state index is 13.2. The summed E-state index contributed by atoms with van der Waals surface area (Å²) in [5.74, 6) is 0. The minimum atomic E-state index is -3.60. The zero-order chi connectivity index (χ0) is 17.2. The first kappa shape index (κ1) is 16.5. The minimum Gasteiger partial charge on any atom is -0.262 e. The molecule has 1 aliphatic rings. The van der Waals surface area contributed by atoms with Crippen LogP contribution in [0.1, 0.15) is 24.5 Å². The van der Waals surface area contributed by atoms with Crippen molar-refractivity contribution in [3.8, 4) is 0 Å². The van der Waals surface area contributed by atoms with Crippen LogP contribution in [0, 0.1) is 6.92 Å². The lowest BCUT2D eigenvalue weighted by Gasteiger charge is -2.25.